The van der Waals surface area contributed by atoms with E-state index in [-0.39, 0.29) is 12.2 Å². The molecule has 1 aliphatic heterocycles. The Balaban J connectivity index is 2.05. The lowest BCUT2D eigenvalue weighted by Crippen LogP contribution is -2.54. The number of benzene rings is 2. The molecule has 8 heteroatoms. The van der Waals surface area contributed by atoms with Crippen LogP contribution in [0.4, 0.5) is 10.5 Å². The molecule has 34 heavy (non-hydrogen) atoms. The van der Waals surface area contributed by atoms with Gasteiger partial charge in [-0.2, -0.15) is 0 Å². The number of ether oxygens (including phenoxy) is 3. The number of urea groups is 1. The quantitative estimate of drug-likeness (QED) is 0.266. The second-order valence-electron chi connectivity index (χ2n) is 7.08. The average molecular weight is 460 g/mol. The number of methoxy groups -OCH3 is 1. The number of terminal acetylenes is 1. The van der Waals surface area contributed by atoms with Crippen molar-refractivity contribution >= 4 is 29.6 Å². The fourth-order valence-electron chi connectivity index (χ4n) is 3.40. The molecule has 0 spiro atoms. The lowest BCUT2D eigenvalue weighted by Gasteiger charge is -2.26. The van der Waals surface area contributed by atoms with Crippen molar-refractivity contribution in [1.29, 1.82) is 0 Å². The Hall–Kier alpha value is -4.51. The minimum absolute atomic E-state index is 0.0461. The first-order chi connectivity index (χ1) is 16.4. The number of hydrogen-bond donors (Lipinski definition) is 1. The number of hydrogen-bond acceptors (Lipinski definition) is 6. The van der Waals surface area contributed by atoms with Crippen LogP contribution in [0.25, 0.3) is 6.08 Å². The molecule has 1 saturated heterocycles. The number of rotatable bonds is 9. The SMILES string of the molecule is C#CCOc1c(CC=C)cc(/C=C2\C(=O)NC(=O)N(c3ccc(OC)cc3)C2=O)cc1OCC. The lowest BCUT2D eigenvalue weighted by atomic mass is 10.0. The Morgan fingerprint density at radius 1 is 1.15 bits per heavy atom. The number of carbonyl (C=O) groups is 3. The van der Waals surface area contributed by atoms with Crippen molar-refractivity contribution in [3.8, 4) is 29.6 Å². The lowest BCUT2D eigenvalue weighted by molar-refractivity contribution is -0.122. The molecule has 1 N–H and O–H groups in total. The molecule has 0 aromatic heterocycles. The third kappa shape index (κ3) is 5.10. The van der Waals surface area contributed by atoms with E-state index in [0.29, 0.717) is 41.5 Å². The minimum atomic E-state index is -0.835. The van der Waals surface area contributed by atoms with Gasteiger partial charge < -0.3 is 14.2 Å². The molecule has 0 unspecified atom stereocenters. The summed E-state index contributed by atoms with van der Waals surface area (Å²) < 4.78 is 16.5. The summed E-state index contributed by atoms with van der Waals surface area (Å²) in [7, 11) is 1.51. The van der Waals surface area contributed by atoms with Crippen molar-refractivity contribution in [2.75, 3.05) is 25.2 Å². The molecule has 1 heterocycles. The third-order valence-electron chi connectivity index (χ3n) is 4.86. The zero-order valence-electron chi connectivity index (χ0n) is 18.9. The van der Waals surface area contributed by atoms with Crippen LogP contribution in [0, 0.1) is 12.3 Å². The van der Waals surface area contributed by atoms with Crippen LogP contribution in [-0.2, 0) is 16.0 Å². The van der Waals surface area contributed by atoms with Gasteiger partial charge in [0.2, 0.25) is 0 Å². The van der Waals surface area contributed by atoms with Crippen LogP contribution in [0.3, 0.4) is 0 Å². The Labute approximate surface area is 197 Å². The maximum absolute atomic E-state index is 13.2. The maximum Gasteiger partial charge on any atom is 0.335 e. The standard InChI is InChI=1S/C26H24N2O6/c1-5-8-18-14-17(16-22(33-7-3)23(18)34-13-6-2)15-21-24(29)27-26(31)28(25(21)30)19-9-11-20(32-4)12-10-19/h2,5,9-12,14-16H,1,7-8,13H2,3-4H3,(H,27,29,31)/b21-15+. The molecule has 3 rings (SSSR count). The van der Waals surface area contributed by atoms with Gasteiger partial charge >= 0.3 is 6.03 Å². The first-order valence-electron chi connectivity index (χ1n) is 10.5. The number of carbonyl (C=O) groups excluding carboxylic acids is 3. The number of allylic oxidation sites excluding steroid dienone is 1. The van der Waals surface area contributed by atoms with E-state index in [9.17, 15) is 14.4 Å². The van der Waals surface area contributed by atoms with Crippen LogP contribution in [0.15, 0.2) is 54.6 Å². The summed E-state index contributed by atoms with van der Waals surface area (Å²) in [5.74, 6) is 2.31. The predicted molar refractivity (Wildman–Crippen MR) is 128 cm³/mol. The molecule has 1 aliphatic rings. The summed E-state index contributed by atoms with van der Waals surface area (Å²) in [6, 6.07) is 8.88. The van der Waals surface area contributed by atoms with Crippen molar-refractivity contribution in [2.24, 2.45) is 0 Å². The van der Waals surface area contributed by atoms with Crippen LogP contribution in [0.5, 0.6) is 17.2 Å². The summed E-state index contributed by atoms with van der Waals surface area (Å²) in [5.41, 5.74) is 1.31. The van der Waals surface area contributed by atoms with E-state index in [1.807, 2.05) is 6.92 Å². The van der Waals surface area contributed by atoms with Gasteiger partial charge in [0.15, 0.2) is 11.5 Å². The van der Waals surface area contributed by atoms with Crippen LogP contribution < -0.4 is 24.4 Å². The average Bonchev–Trinajstić information content (AvgIpc) is 2.82. The summed E-state index contributed by atoms with van der Waals surface area (Å²) in [6.07, 6.45) is 8.86. The van der Waals surface area contributed by atoms with E-state index in [4.69, 9.17) is 20.6 Å². The largest absolute Gasteiger partial charge is 0.497 e. The van der Waals surface area contributed by atoms with Gasteiger partial charge in [-0.05, 0) is 61.4 Å². The summed E-state index contributed by atoms with van der Waals surface area (Å²) in [4.78, 5) is 39.1. The van der Waals surface area contributed by atoms with Crippen molar-refractivity contribution in [1.82, 2.24) is 5.32 Å². The molecule has 2 aromatic carbocycles. The smallest absolute Gasteiger partial charge is 0.335 e. The Kier molecular flexibility index (Phi) is 7.72. The Morgan fingerprint density at radius 2 is 1.88 bits per heavy atom. The van der Waals surface area contributed by atoms with E-state index in [1.54, 1.807) is 42.5 Å². The molecule has 0 radical (unpaired) electrons. The van der Waals surface area contributed by atoms with E-state index in [1.165, 1.54) is 13.2 Å². The van der Waals surface area contributed by atoms with Crippen LogP contribution in [0.2, 0.25) is 0 Å². The van der Waals surface area contributed by atoms with Crippen LogP contribution >= 0.6 is 0 Å². The molecule has 0 atom stereocenters. The van der Waals surface area contributed by atoms with E-state index in [2.05, 4.69) is 17.8 Å². The third-order valence-corrected chi connectivity index (χ3v) is 4.86. The topological polar surface area (TPSA) is 94.2 Å². The molecule has 2 aromatic rings. The fourth-order valence-corrected chi connectivity index (χ4v) is 3.40. The van der Waals surface area contributed by atoms with Crippen molar-refractivity contribution in [3.05, 3.63) is 65.8 Å². The Morgan fingerprint density at radius 3 is 2.50 bits per heavy atom. The van der Waals surface area contributed by atoms with E-state index in [0.717, 1.165) is 10.5 Å². The summed E-state index contributed by atoms with van der Waals surface area (Å²) in [5, 5.41) is 2.21. The normalized spacial score (nSPS) is 14.4. The maximum atomic E-state index is 13.2. The van der Waals surface area contributed by atoms with Crippen molar-refractivity contribution < 1.29 is 28.6 Å². The highest BCUT2D eigenvalue weighted by atomic mass is 16.5. The van der Waals surface area contributed by atoms with Crippen molar-refractivity contribution in [2.45, 2.75) is 13.3 Å². The minimum Gasteiger partial charge on any atom is -0.497 e. The number of amides is 4. The molecule has 0 saturated carbocycles. The van der Waals surface area contributed by atoms with Gasteiger partial charge in [-0.25, -0.2) is 9.69 Å². The second-order valence-corrected chi connectivity index (χ2v) is 7.08. The summed E-state index contributed by atoms with van der Waals surface area (Å²) >= 11 is 0. The van der Waals surface area contributed by atoms with Gasteiger partial charge in [0.05, 0.1) is 19.4 Å². The van der Waals surface area contributed by atoms with Gasteiger partial charge in [-0.1, -0.05) is 12.0 Å². The van der Waals surface area contributed by atoms with Gasteiger partial charge in [0.25, 0.3) is 11.8 Å². The van der Waals surface area contributed by atoms with Gasteiger partial charge in [-0.3, -0.25) is 14.9 Å². The molecule has 0 bridgehead atoms. The zero-order valence-corrected chi connectivity index (χ0v) is 18.9. The van der Waals surface area contributed by atoms with Gasteiger partial charge in [0.1, 0.15) is 17.9 Å². The Bertz CT molecular complexity index is 1190. The molecule has 0 aliphatic carbocycles. The number of imide groups is 2. The molecule has 174 valence electrons. The van der Waals surface area contributed by atoms with E-state index >= 15 is 0 Å². The van der Waals surface area contributed by atoms with Crippen LogP contribution in [0.1, 0.15) is 18.1 Å². The molecular weight excluding hydrogens is 436 g/mol. The highest BCUT2D eigenvalue weighted by Crippen LogP contribution is 2.35. The predicted octanol–water partition coefficient (Wildman–Crippen LogP) is 3.50. The first kappa shape index (κ1) is 24.1. The van der Waals surface area contributed by atoms with Gasteiger partial charge in [0, 0.05) is 5.56 Å². The molecule has 4 amide bonds. The molecule has 1 fully saturated rings. The van der Waals surface area contributed by atoms with E-state index < -0.39 is 17.8 Å². The monoisotopic (exact) mass is 460 g/mol. The summed E-state index contributed by atoms with van der Waals surface area (Å²) in [6.45, 7) is 5.99. The molecule has 8 nitrogen and oxygen atoms in total. The number of barbiturate groups is 1. The fraction of sp³-hybridized carbons (Fsp3) is 0.192. The number of anilines is 1. The highest BCUT2D eigenvalue weighted by Gasteiger charge is 2.36. The van der Waals surface area contributed by atoms with Crippen molar-refractivity contribution in [3.63, 3.8) is 0 Å². The number of nitrogens with zero attached hydrogens (tertiary/aromatic N) is 1. The van der Waals surface area contributed by atoms with Crippen LogP contribution in [-0.4, -0.2) is 38.2 Å². The zero-order chi connectivity index (χ0) is 24.7. The first-order valence-corrected chi connectivity index (χ1v) is 10.5. The second kappa shape index (κ2) is 10.9. The molecular formula is C26H24N2O6. The number of nitrogens with one attached hydrogen (secondary N) is 1. The van der Waals surface area contributed by atoms with Gasteiger partial charge in [-0.15, -0.1) is 13.0 Å². The highest BCUT2D eigenvalue weighted by molar-refractivity contribution is 6.39.